The van der Waals surface area contributed by atoms with Crippen LogP contribution in [0.3, 0.4) is 0 Å². The van der Waals surface area contributed by atoms with Crippen LogP contribution in [0.15, 0.2) is 48.5 Å². The first-order valence-corrected chi connectivity index (χ1v) is 8.76. The number of nitrogens with zero attached hydrogens (tertiary/aromatic N) is 3. The average Bonchev–Trinajstić information content (AvgIpc) is 2.75. The molecular weight excluding hydrogens is 374 g/mol. The second kappa shape index (κ2) is 8.80. The van der Waals surface area contributed by atoms with Gasteiger partial charge in [-0.05, 0) is 43.3 Å². The number of rotatable bonds is 6. The van der Waals surface area contributed by atoms with Gasteiger partial charge in [-0.25, -0.2) is 14.8 Å². The van der Waals surface area contributed by atoms with Crippen molar-refractivity contribution in [2.75, 3.05) is 13.7 Å². The highest BCUT2D eigenvalue weighted by Gasteiger charge is 2.28. The van der Waals surface area contributed by atoms with E-state index in [-0.39, 0.29) is 18.2 Å². The van der Waals surface area contributed by atoms with Crippen LogP contribution in [0.1, 0.15) is 28.9 Å². The van der Waals surface area contributed by atoms with E-state index >= 15 is 0 Å². The van der Waals surface area contributed by atoms with Crippen LogP contribution in [-0.2, 0) is 14.3 Å². The van der Waals surface area contributed by atoms with Crippen LogP contribution in [-0.4, -0.2) is 35.6 Å². The molecule has 0 amide bonds. The van der Waals surface area contributed by atoms with Crippen molar-refractivity contribution in [1.29, 1.82) is 5.26 Å². The Labute approximate surface area is 166 Å². The van der Waals surface area contributed by atoms with Gasteiger partial charge in [0.2, 0.25) is 5.88 Å². The third kappa shape index (κ3) is 4.30. The number of hydrogen-bond donors (Lipinski definition) is 0. The van der Waals surface area contributed by atoms with Gasteiger partial charge in [-0.3, -0.25) is 4.79 Å². The van der Waals surface area contributed by atoms with E-state index < -0.39 is 17.9 Å². The number of aromatic nitrogens is 2. The molecule has 0 aliphatic rings. The van der Waals surface area contributed by atoms with Gasteiger partial charge >= 0.3 is 11.9 Å². The number of para-hydroxylation sites is 2. The van der Waals surface area contributed by atoms with Gasteiger partial charge in [0.25, 0.3) is 0 Å². The lowest BCUT2D eigenvalue weighted by molar-refractivity contribution is -0.141. The molecule has 0 saturated carbocycles. The SMILES string of the molecule is CCOC(=O)c1ccc(Oc2nc3ccccc3nc2C(C#N)C(=O)OC)cc1. The Hall–Kier alpha value is -3.99. The van der Waals surface area contributed by atoms with Crippen molar-refractivity contribution in [3.05, 3.63) is 59.8 Å². The lowest BCUT2D eigenvalue weighted by atomic mass is 10.1. The van der Waals surface area contributed by atoms with Gasteiger partial charge in [-0.15, -0.1) is 0 Å². The molecule has 0 spiro atoms. The molecule has 0 fully saturated rings. The number of nitriles is 1. The number of ether oxygens (including phenoxy) is 3. The lowest BCUT2D eigenvalue weighted by Gasteiger charge is -2.13. The lowest BCUT2D eigenvalue weighted by Crippen LogP contribution is -2.15. The molecule has 0 aliphatic heterocycles. The summed E-state index contributed by atoms with van der Waals surface area (Å²) in [6.07, 6.45) is 0. The van der Waals surface area contributed by atoms with Crippen molar-refractivity contribution in [2.24, 2.45) is 0 Å². The van der Waals surface area contributed by atoms with Gasteiger partial charge in [0.1, 0.15) is 11.4 Å². The van der Waals surface area contributed by atoms with E-state index in [9.17, 15) is 14.9 Å². The van der Waals surface area contributed by atoms with E-state index in [1.807, 2.05) is 6.07 Å². The van der Waals surface area contributed by atoms with Crippen LogP contribution in [0.5, 0.6) is 11.6 Å². The minimum atomic E-state index is -1.30. The molecule has 8 nitrogen and oxygen atoms in total. The van der Waals surface area contributed by atoms with Gasteiger partial charge in [0.15, 0.2) is 5.92 Å². The predicted molar refractivity (Wildman–Crippen MR) is 102 cm³/mol. The topological polar surface area (TPSA) is 111 Å². The van der Waals surface area contributed by atoms with Crippen molar-refractivity contribution < 1.29 is 23.8 Å². The summed E-state index contributed by atoms with van der Waals surface area (Å²) in [6, 6.07) is 15.1. The summed E-state index contributed by atoms with van der Waals surface area (Å²) in [4.78, 5) is 32.6. The van der Waals surface area contributed by atoms with E-state index in [0.717, 1.165) is 0 Å². The second-order valence-corrected chi connectivity index (χ2v) is 5.83. The highest BCUT2D eigenvalue weighted by atomic mass is 16.5. The zero-order chi connectivity index (χ0) is 20.8. The van der Waals surface area contributed by atoms with Gasteiger partial charge < -0.3 is 14.2 Å². The maximum Gasteiger partial charge on any atom is 0.338 e. The van der Waals surface area contributed by atoms with Crippen LogP contribution in [0, 0.1) is 11.3 Å². The monoisotopic (exact) mass is 391 g/mol. The third-order valence-corrected chi connectivity index (χ3v) is 3.98. The Morgan fingerprint density at radius 1 is 1.07 bits per heavy atom. The van der Waals surface area contributed by atoms with Gasteiger partial charge in [0, 0.05) is 0 Å². The first-order chi connectivity index (χ1) is 14.1. The fourth-order valence-corrected chi connectivity index (χ4v) is 2.59. The van der Waals surface area contributed by atoms with Crippen molar-refractivity contribution in [1.82, 2.24) is 9.97 Å². The van der Waals surface area contributed by atoms with Gasteiger partial charge in [0.05, 0.1) is 36.4 Å². The normalized spacial score (nSPS) is 11.3. The number of esters is 2. The summed E-state index contributed by atoms with van der Waals surface area (Å²) in [5, 5.41) is 9.47. The second-order valence-electron chi connectivity index (χ2n) is 5.83. The summed E-state index contributed by atoms with van der Waals surface area (Å²) in [7, 11) is 1.19. The number of carbonyl (C=O) groups is 2. The number of benzene rings is 2. The molecule has 29 heavy (non-hydrogen) atoms. The summed E-state index contributed by atoms with van der Waals surface area (Å²) in [5.41, 5.74) is 1.47. The summed E-state index contributed by atoms with van der Waals surface area (Å²) in [6.45, 7) is 2.00. The number of carbonyl (C=O) groups excluding carboxylic acids is 2. The predicted octanol–water partition coefficient (Wildman–Crippen LogP) is 3.38. The minimum Gasteiger partial charge on any atom is -0.468 e. The molecule has 3 rings (SSSR count). The Kier molecular flexibility index (Phi) is 6.00. The Morgan fingerprint density at radius 3 is 2.31 bits per heavy atom. The van der Waals surface area contributed by atoms with Crippen molar-refractivity contribution >= 4 is 23.0 Å². The Balaban J connectivity index is 2.01. The van der Waals surface area contributed by atoms with E-state index in [4.69, 9.17) is 14.2 Å². The third-order valence-electron chi connectivity index (χ3n) is 3.98. The van der Waals surface area contributed by atoms with Crippen LogP contribution in [0.4, 0.5) is 0 Å². The highest BCUT2D eigenvalue weighted by molar-refractivity contribution is 5.89. The zero-order valence-corrected chi connectivity index (χ0v) is 15.8. The van der Waals surface area contributed by atoms with Crippen LogP contribution < -0.4 is 4.74 Å². The van der Waals surface area contributed by atoms with Crippen molar-refractivity contribution in [2.45, 2.75) is 12.8 Å². The standard InChI is InChI=1S/C21H17N3O5/c1-3-28-20(25)13-8-10-14(11-9-13)29-19-18(15(12-22)21(26)27-2)23-16-6-4-5-7-17(16)24-19/h4-11,15H,3H2,1-2H3. The largest absolute Gasteiger partial charge is 0.468 e. The first kappa shape index (κ1) is 19.8. The first-order valence-electron chi connectivity index (χ1n) is 8.76. The van der Waals surface area contributed by atoms with Gasteiger partial charge in [-0.2, -0.15) is 5.26 Å². The number of hydrogen-bond acceptors (Lipinski definition) is 8. The fourth-order valence-electron chi connectivity index (χ4n) is 2.59. The molecule has 0 N–H and O–H groups in total. The van der Waals surface area contributed by atoms with Crippen molar-refractivity contribution in [3.8, 4) is 17.7 Å². The molecule has 2 aromatic carbocycles. The molecule has 0 aliphatic carbocycles. The Morgan fingerprint density at radius 2 is 1.72 bits per heavy atom. The number of fused-ring (bicyclic) bond motifs is 1. The smallest absolute Gasteiger partial charge is 0.338 e. The molecule has 8 heteroatoms. The van der Waals surface area contributed by atoms with Crippen LogP contribution in [0.2, 0.25) is 0 Å². The number of methoxy groups -OCH3 is 1. The zero-order valence-electron chi connectivity index (χ0n) is 15.8. The molecule has 146 valence electrons. The van der Waals surface area contributed by atoms with E-state index in [0.29, 0.717) is 22.3 Å². The summed E-state index contributed by atoms with van der Waals surface area (Å²) in [5.74, 6) is -2.15. The Bertz CT molecular complexity index is 1090. The molecule has 0 saturated heterocycles. The fraction of sp³-hybridized carbons (Fsp3) is 0.190. The van der Waals surface area contributed by atoms with E-state index in [2.05, 4.69) is 9.97 Å². The summed E-state index contributed by atoms with van der Waals surface area (Å²) < 4.78 is 15.5. The molecule has 1 unspecified atom stereocenters. The molecule has 1 atom stereocenters. The van der Waals surface area contributed by atoms with Gasteiger partial charge in [-0.1, -0.05) is 12.1 Å². The quantitative estimate of drug-likeness (QED) is 0.588. The van der Waals surface area contributed by atoms with Crippen LogP contribution in [0.25, 0.3) is 11.0 Å². The molecule has 1 heterocycles. The van der Waals surface area contributed by atoms with E-state index in [1.54, 1.807) is 55.5 Å². The van der Waals surface area contributed by atoms with Crippen LogP contribution >= 0.6 is 0 Å². The molecule has 0 radical (unpaired) electrons. The molecular formula is C21H17N3O5. The summed E-state index contributed by atoms with van der Waals surface area (Å²) >= 11 is 0. The molecule has 1 aromatic heterocycles. The van der Waals surface area contributed by atoms with E-state index in [1.165, 1.54) is 7.11 Å². The minimum absolute atomic E-state index is 0.00420. The maximum absolute atomic E-state index is 12.0. The average molecular weight is 391 g/mol. The van der Waals surface area contributed by atoms with Crippen molar-refractivity contribution in [3.63, 3.8) is 0 Å². The maximum atomic E-state index is 12.0. The molecule has 0 bridgehead atoms. The highest BCUT2D eigenvalue weighted by Crippen LogP contribution is 2.30. The molecule has 3 aromatic rings.